The van der Waals surface area contributed by atoms with Gasteiger partial charge in [-0.1, -0.05) is 17.7 Å². The van der Waals surface area contributed by atoms with Crippen LogP contribution in [0.15, 0.2) is 42.7 Å². The maximum absolute atomic E-state index is 12.8. The van der Waals surface area contributed by atoms with Gasteiger partial charge in [-0.15, -0.1) is 0 Å². The van der Waals surface area contributed by atoms with Gasteiger partial charge in [-0.3, -0.25) is 9.59 Å². The van der Waals surface area contributed by atoms with Crippen LogP contribution in [0.5, 0.6) is 5.75 Å². The summed E-state index contributed by atoms with van der Waals surface area (Å²) in [4.78, 5) is 36.0. The fourth-order valence-electron chi connectivity index (χ4n) is 3.60. The number of amides is 2. The lowest BCUT2D eigenvalue weighted by Crippen LogP contribution is -2.51. The molecular formula is C22H24N4O3. The van der Waals surface area contributed by atoms with Gasteiger partial charge < -0.3 is 19.5 Å². The largest absolute Gasteiger partial charge is 0.484 e. The molecule has 0 saturated carbocycles. The number of nitrogens with zero attached hydrogens (tertiary/aromatic N) is 3. The monoisotopic (exact) mass is 392 g/mol. The molecule has 7 heteroatoms. The third kappa shape index (κ3) is 4.08. The second-order valence-electron chi connectivity index (χ2n) is 7.37. The summed E-state index contributed by atoms with van der Waals surface area (Å²) in [7, 11) is 0. The lowest BCUT2D eigenvalue weighted by Gasteiger charge is -2.34. The molecule has 0 radical (unpaired) electrons. The number of hydrogen-bond donors (Lipinski definition) is 1. The van der Waals surface area contributed by atoms with Crippen LogP contribution in [-0.4, -0.2) is 64.4 Å². The van der Waals surface area contributed by atoms with Crippen LogP contribution in [0.1, 0.15) is 21.5 Å². The molecule has 0 bridgehead atoms. The molecule has 2 amide bonds. The van der Waals surface area contributed by atoms with E-state index in [-0.39, 0.29) is 18.4 Å². The average Bonchev–Trinajstić information content (AvgIpc) is 3.20. The first-order valence-electron chi connectivity index (χ1n) is 9.71. The maximum atomic E-state index is 12.8. The zero-order chi connectivity index (χ0) is 20.4. The summed E-state index contributed by atoms with van der Waals surface area (Å²) in [5.74, 6) is 0.642. The minimum absolute atomic E-state index is 0.00827. The molecule has 29 heavy (non-hydrogen) atoms. The lowest BCUT2D eigenvalue weighted by molar-refractivity contribution is -0.134. The number of aromatic amines is 1. The van der Waals surface area contributed by atoms with Gasteiger partial charge in [0.15, 0.2) is 6.61 Å². The third-order valence-corrected chi connectivity index (χ3v) is 5.27. The normalized spacial score (nSPS) is 14.3. The lowest BCUT2D eigenvalue weighted by atomic mass is 10.1. The second kappa shape index (κ2) is 7.95. The average molecular weight is 392 g/mol. The number of benzene rings is 2. The molecular weight excluding hydrogens is 368 g/mol. The number of aromatic nitrogens is 2. The van der Waals surface area contributed by atoms with Gasteiger partial charge >= 0.3 is 0 Å². The molecule has 0 spiro atoms. The van der Waals surface area contributed by atoms with E-state index in [0.717, 1.165) is 27.9 Å². The number of carbonyl (C=O) groups excluding carboxylic acids is 2. The molecule has 1 aliphatic heterocycles. The van der Waals surface area contributed by atoms with Gasteiger partial charge in [0.1, 0.15) is 5.75 Å². The number of rotatable bonds is 4. The van der Waals surface area contributed by atoms with Crippen LogP contribution < -0.4 is 4.74 Å². The van der Waals surface area contributed by atoms with Crippen molar-refractivity contribution in [3.05, 3.63) is 59.4 Å². The number of hydrogen-bond acceptors (Lipinski definition) is 4. The van der Waals surface area contributed by atoms with Gasteiger partial charge in [-0.2, -0.15) is 0 Å². The Morgan fingerprint density at radius 1 is 1.03 bits per heavy atom. The molecule has 0 unspecified atom stereocenters. The van der Waals surface area contributed by atoms with Crippen molar-refractivity contribution < 1.29 is 14.3 Å². The van der Waals surface area contributed by atoms with E-state index < -0.39 is 0 Å². The molecule has 2 aromatic carbocycles. The maximum Gasteiger partial charge on any atom is 0.260 e. The first kappa shape index (κ1) is 19.0. The van der Waals surface area contributed by atoms with Crippen LogP contribution in [0.4, 0.5) is 0 Å². The van der Waals surface area contributed by atoms with Gasteiger partial charge in [0.05, 0.1) is 17.4 Å². The van der Waals surface area contributed by atoms with Gasteiger partial charge in [0.25, 0.3) is 11.8 Å². The van der Waals surface area contributed by atoms with E-state index in [9.17, 15) is 9.59 Å². The third-order valence-electron chi connectivity index (χ3n) is 5.27. The van der Waals surface area contributed by atoms with E-state index in [2.05, 4.69) is 9.97 Å². The SMILES string of the molecule is Cc1ccc(OCC(=O)N2CCN(C(=O)c3ccc4nc[nH]c4c3)CC2)c(C)c1. The van der Waals surface area contributed by atoms with Crippen molar-refractivity contribution in [2.75, 3.05) is 32.8 Å². The van der Waals surface area contributed by atoms with E-state index in [4.69, 9.17) is 4.74 Å². The minimum atomic E-state index is -0.0593. The van der Waals surface area contributed by atoms with Crippen molar-refractivity contribution in [1.82, 2.24) is 19.8 Å². The molecule has 2 heterocycles. The van der Waals surface area contributed by atoms with Crippen LogP contribution >= 0.6 is 0 Å². The Kier molecular flexibility index (Phi) is 5.20. The van der Waals surface area contributed by atoms with Crippen LogP contribution in [0.25, 0.3) is 11.0 Å². The molecule has 1 aromatic heterocycles. The molecule has 4 rings (SSSR count). The fraction of sp³-hybridized carbons (Fsp3) is 0.318. The number of H-pyrrole nitrogens is 1. The number of carbonyl (C=O) groups is 2. The number of imidazole rings is 1. The fourth-order valence-corrected chi connectivity index (χ4v) is 3.60. The van der Waals surface area contributed by atoms with Crippen molar-refractivity contribution in [2.24, 2.45) is 0 Å². The summed E-state index contributed by atoms with van der Waals surface area (Å²) >= 11 is 0. The topological polar surface area (TPSA) is 78.5 Å². The highest BCUT2D eigenvalue weighted by Gasteiger charge is 2.25. The van der Waals surface area contributed by atoms with Crippen LogP contribution in [0, 0.1) is 13.8 Å². The molecule has 7 nitrogen and oxygen atoms in total. The Morgan fingerprint density at radius 2 is 1.79 bits per heavy atom. The number of aryl methyl sites for hydroxylation is 2. The van der Waals surface area contributed by atoms with Crippen molar-refractivity contribution in [1.29, 1.82) is 0 Å². The van der Waals surface area contributed by atoms with Gasteiger partial charge in [0.2, 0.25) is 0 Å². The highest BCUT2D eigenvalue weighted by Crippen LogP contribution is 2.19. The summed E-state index contributed by atoms with van der Waals surface area (Å²) in [6, 6.07) is 11.3. The Hall–Kier alpha value is -3.35. The molecule has 1 fully saturated rings. The van der Waals surface area contributed by atoms with Gasteiger partial charge in [-0.05, 0) is 43.7 Å². The van der Waals surface area contributed by atoms with Crippen molar-refractivity contribution in [2.45, 2.75) is 13.8 Å². The molecule has 1 N–H and O–H groups in total. The van der Waals surface area contributed by atoms with Gasteiger partial charge in [0, 0.05) is 31.7 Å². The molecule has 150 valence electrons. The zero-order valence-electron chi connectivity index (χ0n) is 16.6. The molecule has 0 atom stereocenters. The predicted octanol–water partition coefficient (Wildman–Crippen LogP) is 2.54. The zero-order valence-corrected chi connectivity index (χ0v) is 16.6. The van der Waals surface area contributed by atoms with Gasteiger partial charge in [-0.25, -0.2) is 4.98 Å². The highest BCUT2D eigenvalue weighted by molar-refractivity contribution is 5.97. The van der Waals surface area contributed by atoms with Crippen molar-refractivity contribution in [3.8, 4) is 5.75 Å². The van der Waals surface area contributed by atoms with E-state index in [1.807, 2.05) is 44.2 Å². The van der Waals surface area contributed by atoms with E-state index in [0.29, 0.717) is 31.7 Å². The number of fused-ring (bicyclic) bond motifs is 1. The molecule has 0 aliphatic carbocycles. The van der Waals surface area contributed by atoms with E-state index in [1.165, 1.54) is 0 Å². The van der Waals surface area contributed by atoms with Crippen LogP contribution in [0.3, 0.4) is 0 Å². The number of nitrogens with one attached hydrogen (secondary N) is 1. The number of ether oxygens (including phenoxy) is 1. The first-order valence-corrected chi connectivity index (χ1v) is 9.71. The van der Waals surface area contributed by atoms with Crippen molar-refractivity contribution >= 4 is 22.8 Å². The smallest absolute Gasteiger partial charge is 0.260 e. The summed E-state index contributed by atoms with van der Waals surface area (Å²) < 4.78 is 5.70. The minimum Gasteiger partial charge on any atom is -0.484 e. The summed E-state index contributed by atoms with van der Waals surface area (Å²) in [5.41, 5.74) is 4.48. The Labute approximate surface area is 169 Å². The quantitative estimate of drug-likeness (QED) is 0.740. The predicted molar refractivity (Wildman–Crippen MR) is 110 cm³/mol. The molecule has 1 aliphatic rings. The highest BCUT2D eigenvalue weighted by atomic mass is 16.5. The van der Waals surface area contributed by atoms with E-state index >= 15 is 0 Å². The Bertz CT molecular complexity index is 1050. The van der Waals surface area contributed by atoms with E-state index in [1.54, 1.807) is 22.2 Å². The summed E-state index contributed by atoms with van der Waals surface area (Å²) in [5, 5.41) is 0. The summed E-state index contributed by atoms with van der Waals surface area (Å²) in [6.45, 7) is 6.03. The van der Waals surface area contributed by atoms with Crippen LogP contribution in [-0.2, 0) is 4.79 Å². The summed E-state index contributed by atoms with van der Waals surface area (Å²) in [6.07, 6.45) is 1.61. The second-order valence-corrected chi connectivity index (χ2v) is 7.37. The molecule has 1 saturated heterocycles. The standard InChI is InChI=1S/C22H24N4O3/c1-15-3-6-20(16(2)11-15)29-13-21(27)25-7-9-26(10-8-25)22(28)17-4-5-18-19(12-17)24-14-23-18/h3-6,11-12,14H,7-10,13H2,1-2H3,(H,23,24). The van der Waals surface area contributed by atoms with Crippen molar-refractivity contribution in [3.63, 3.8) is 0 Å². The number of piperazine rings is 1. The first-order chi connectivity index (χ1) is 14.0. The Morgan fingerprint density at radius 3 is 2.55 bits per heavy atom. The van der Waals surface area contributed by atoms with Crippen LogP contribution in [0.2, 0.25) is 0 Å². The Balaban J connectivity index is 1.31. The molecule has 3 aromatic rings.